The first-order valence-electron chi connectivity index (χ1n) is 10.8. The Morgan fingerprint density at radius 3 is 2.23 bits per heavy atom. The highest BCUT2D eigenvalue weighted by Gasteiger charge is 2.28. The number of anilines is 2. The van der Waals surface area contributed by atoms with Gasteiger partial charge in [-0.15, -0.1) is 0 Å². The lowest BCUT2D eigenvalue weighted by molar-refractivity contribution is 0.285. The van der Waals surface area contributed by atoms with Crippen LogP contribution in [0.25, 0.3) is 11.6 Å². The molecule has 0 aromatic heterocycles. The number of rotatable bonds is 7. The molecule has 0 saturated heterocycles. The molecule has 0 amide bonds. The predicted octanol–water partition coefficient (Wildman–Crippen LogP) is 4.19. The molecule has 0 bridgehead atoms. The van der Waals surface area contributed by atoms with Crippen LogP contribution in [0, 0.1) is 0 Å². The Bertz CT molecular complexity index is 973. The van der Waals surface area contributed by atoms with Gasteiger partial charge < -0.3 is 14.9 Å². The quantitative estimate of drug-likeness (QED) is 0.537. The fourth-order valence-electron chi connectivity index (χ4n) is 4.32. The van der Waals surface area contributed by atoms with E-state index in [0.717, 1.165) is 24.8 Å². The van der Waals surface area contributed by atoms with Crippen LogP contribution in [0.2, 0.25) is 13.1 Å². The Morgan fingerprint density at radius 1 is 0.933 bits per heavy atom. The molecule has 161 valence electrons. The largest absolute Gasteiger partial charge is 0.396 e. The van der Waals surface area contributed by atoms with E-state index in [1.165, 1.54) is 38.4 Å². The molecule has 0 unspecified atom stereocenters. The first-order valence-corrected chi connectivity index (χ1v) is 13.8. The molecule has 0 radical (unpaired) electrons. The van der Waals surface area contributed by atoms with Crippen molar-refractivity contribution in [2.24, 2.45) is 0 Å². The van der Waals surface area contributed by atoms with E-state index in [-0.39, 0.29) is 6.61 Å². The molecular weight excluding hydrogens is 384 g/mol. The summed E-state index contributed by atoms with van der Waals surface area (Å²) in [7, 11) is 6.53. The molecule has 3 rings (SSSR count). The zero-order valence-electron chi connectivity index (χ0n) is 19.4. The first kappa shape index (κ1) is 22.4. The summed E-state index contributed by atoms with van der Waals surface area (Å²) in [6, 6.07) is 11.5. The number of fused-ring (bicyclic) bond motifs is 2. The molecule has 4 heteroatoms. The van der Waals surface area contributed by atoms with Gasteiger partial charge in [-0.3, -0.25) is 0 Å². The summed E-state index contributed by atoms with van der Waals surface area (Å²) >= 11 is 0. The van der Waals surface area contributed by atoms with Gasteiger partial charge in [0.05, 0.1) is 0 Å². The average molecular weight is 421 g/mol. The summed E-state index contributed by atoms with van der Waals surface area (Å²) in [6.07, 6.45) is 7.36. The van der Waals surface area contributed by atoms with E-state index in [1.54, 1.807) is 0 Å². The smallest absolute Gasteiger partial charge is 0.0431 e. The van der Waals surface area contributed by atoms with Crippen LogP contribution < -0.4 is 20.2 Å². The lowest BCUT2D eigenvalue weighted by Crippen LogP contribution is -2.58. The second-order valence-corrected chi connectivity index (χ2v) is 13.5. The fourth-order valence-corrected chi connectivity index (χ4v) is 7.46. The predicted molar refractivity (Wildman–Crippen MR) is 136 cm³/mol. The molecule has 0 saturated carbocycles. The van der Waals surface area contributed by atoms with Gasteiger partial charge >= 0.3 is 0 Å². The molecule has 3 nitrogen and oxygen atoms in total. The maximum absolute atomic E-state index is 9.04. The van der Waals surface area contributed by atoms with E-state index in [4.69, 9.17) is 5.11 Å². The highest BCUT2D eigenvalue weighted by Crippen LogP contribution is 2.34. The molecule has 1 N–H and O–H groups in total. The van der Waals surface area contributed by atoms with E-state index in [9.17, 15) is 0 Å². The van der Waals surface area contributed by atoms with Crippen molar-refractivity contribution in [3.8, 4) is 0 Å². The van der Waals surface area contributed by atoms with E-state index in [0.29, 0.717) is 0 Å². The molecule has 0 atom stereocenters. The molecule has 0 aliphatic carbocycles. The van der Waals surface area contributed by atoms with E-state index < -0.39 is 8.07 Å². The molecule has 0 spiro atoms. The van der Waals surface area contributed by atoms with Crippen LogP contribution in [-0.4, -0.2) is 48.0 Å². The van der Waals surface area contributed by atoms with Gasteiger partial charge in [-0.2, -0.15) is 23.5 Å². The van der Waals surface area contributed by atoms with Crippen LogP contribution in [0.15, 0.2) is 43.0 Å². The van der Waals surface area contributed by atoms with Crippen molar-refractivity contribution in [1.29, 1.82) is 0 Å². The Kier molecular flexibility index (Phi) is 6.58. The Balaban J connectivity index is 2.17. The minimum atomic E-state index is -1.90. The lowest BCUT2D eigenvalue weighted by atomic mass is 9.93. The van der Waals surface area contributed by atoms with E-state index in [1.807, 2.05) is 0 Å². The standard InChI is InChI=1S/C26H36N2OSi/c1-19-23-14-13-21(27(2)3)17-24(23)30(6,7)25-18-22(28(4)5)16-20(26(19)25)12-10-8-9-11-15-29/h10,12-14,16-18,29H,1,8-9,11,15H2,2-7H3/q-1/b12-10+. The topological polar surface area (TPSA) is 26.7 Å². The molecule has 1 aliphatic rings. The molecule has 30 heavy (non-hydrogen) atoms. The Hall–Kier alpha value is -2.30. The number of benzene rings is 2. The third-order valence-electron chi connectivity index (χ3n) is 6.24. The zero-order valence-corrected chi connectivity index (χ0v) is 20.4. The molecule has 0 fully saturated rings. The average Bonchev–Trinajstić information content (AvgIpc) is 2.71. The van der Waals surface area contributed by atoms with Crippen molar-refractivity contribution in [2.75, 3.05) is 44.6 Å². The normalized spacial score (nSPS) is 14.6. The Morgan fingerprint density at radius 2 is 1.60 bits per heavy atom. The molecular formula is C26H36N2OSi-. The number of allylic oxidation sites excluding steroid dienone is 1. The third-order valence-corrected chi connectivity index (χ3v) is 9.74. The van der Waals surface area contributed by atoms with Crippen LogP contribution in [0.4, 0.5) is 11.4 Å². The van der Waals surface area contributed by atoms with Crippen LogP contribution in [-0.2, 0) is 0 Å². The number of hydrogen-bond donors (Lipinski definition) is 1. The minimum Gasteiger partial charge on any atom is -0.396 e. The van der Waals surface area contributed by atoms with E-state index in [2.05, 4.69) is 100 Å². The maximum atomic E-state index is 9.04. The highest BCUT2D eigenvalue weighted by molar-refractivity contribution is 7.02. The van der Waals surface area contributed by atoms with Gasteiger partial charge in [0.1, 0.15) is 0 Å². The zero-order chi connectivity index (χ0) is 22.1. The molecule has 1 heterocycles. The van der Waals surface area contributed by atoms with E-state index >= 15 is 0 Å². The number of hydrogen-bond acceptors (Lipinski definition) is 3. The fraction of sp³-hybridized carbons (Fsp3) is 0.385. The van der Waals surface area contributed by atoms with Crippen molar-refractivity contribution >= 4 is 41.5 Å². The van der Waals surface area contributed by atoms with Gasteiger partial charge in [0.2, 0.25) is 0 Å². The van der Waals surface area contributed by atoms with Gasteiger partial charge in [-0.25, -0.2) is 0 Å². The van der Waals surface area contributed by atoms with Gasteiger partial charge in [0, 0.05) is 46.2 Å². The first-order chi connectivity index (χ1) is 14.2. The van der Waals surface area contributed by atoms with Crippen LogP contribution in [0.3, 0.4) is 0 Å². The SMILES string of the molecule is C=C1c2ccc(N(C)C)cc2[Si-](C)(C)c2cc(N(C)C)cc(/C=C/CCCCO)c21. The van der Waals surface area contributed by atoms with Crippen molar-refractivity contribution in [3.63, 3.8) is 0 Å². The van der Waals surface area contributed by atoms with Gasteiger partial charge in [-0.1, -0.05) is 45.0 Å². The number of aliphatic hydroxyl groups excluding tert-OH is 1. The summed E-state index contributed by atoms with van der Waals surface area (Å²) in [5.41, 5.74) is 7.51. The summed E-state index contributed by atoms with van der Waals surface area (Å²) < 4.78 is 0. The third kappa shape index (κ3) is 4.12. The molecule has 1 aliphatic heterocycles. The van der Waals surface area contributed by atoms with Crippen LogP contribution >= 0.6 is 0 Å². The summed E-state index contributed by atoms with van der Waals surface area (Å²) in [5, 5.41) is 12.0. The van der Waals surface area contributed by atoms with Crippen molar-refractivity contribution < 1.29 is 5.11 Å². The highest BCUT2D eigenvalue weighted by atomic mass is 28.3. The van der Waals surface area contributed by atoms with Crippen molar-refractivity contribution in [1.82, 2.24) is 0 Å². The second kappa shape index (κ2) is 8.82. The minimum absolute atomic E-state index is 0.266. The molecule has 2 aromatic carbocycles. The monoisotopic (exact) mass is 420 g/mol. The number of nitrogens with zero attached hydrogens (tertiary/aromatic N) is 2. The van der Waals surface area contributed by atoms with Crippen LogP contribution in [0.1, 0.15) is 36.0 Å². The summed E-state index contributed by atoms with van der Waals surface area (Å²) in [6.45, 7) is 9.75. The summed E-state index contributed by atoms with van der Waals surface area (Å²) in [5.74, 6) is 0. The van der Waals surface area contributed by atoms with Crippen molar-refractivity contribution in [3.05, 3.63) is 59.7 Å². The number of unbranched alkanes of at least 4 members (excludes halogenated alkanes) is 2. The van der Waals surface area contributed by atoms with Crippen LogP contribution in [0.5, 0.6) is 0 Å². The lowest BCUT2D eigenvalue weighted by Gasteiger charge is -2.46. The summed E-state index contributed by atoms with van der Waals surface area (Å²) in [4.78, 5) is 4.38. The Labute approximate surface area is 183 Å². The van der Waals surface area contributed by atoms with Gasteiger partial charge in [0.25, 0.3) is 0 Å². The van der Waals surface area contributed by atoms with Gasteiger partial charge in [0.15, 0.2) is 0 Å². The maximum Gasteiger partial charge on any atom is 0.0431 e. The number of aliphatic hydroxyl groups is 1. The second-order valence-electron chi connectivity index (χ2n) is 9.20. The van der Waals surface area contributed by atoms with Crippen molar-refractivity contribution in [2.45, 2.75) is 32.4 Å². The van der Waals surface area contributed by atoms with Gasteiger partial charge in [-0.05, 0) is 53.7 Å². The molecule has 2 aromatic rings.